The van der Waals surface area contributed by atoms with Crippen LogP contribution in [0.5, 0.6) is 0 Å². The van der Waals surface area contributed by atoms with E-state index in [1.807, 2.05) is 32.5 Å². The van der Waals surface area contributed by atoms with Gasteiger partial charge in [0.15, 0.2) is 11.8 Å². The van der Waals surface area contributed by atoms with Gasteiger partial charge in [-0.25, -0.2) is 0 Å². The SMILES string of the molecule is CN=C(NCc1noc(C(C)(C)C)n1)NC1CCC(C(=O)N2CCSCC2)CC1.I. The highest BCUT2D eigenvalue weighted by Crippen LogP contribution is 2.27. The summed E-state index contributed by atoms with van der Waals surface area (Å²) in [6.45, 7) is 8.41. The van der Waals surface area contributed by atoms with Crippen molar-refractivity contribution in [1.82, 2.24) is 25.7 Å². The molecule has 0 atom stereocenters. The zero-order valence-corrected chi connectivity index (χ0v) is 21.6. The summed E-state index contributed by atoms with van der Waals surface area (Å²) in [5, 5.41) is 10.8. The Balaban J connectivity index is 0.00000320. The molecule has 1 amide bonds. The number of nitrogens with zero attached hydrogens (tertiary/aromatic N) is 4. The Morgan fingerprint density at radius 3 is 2.47 bits per heavy atom. The van der Waals surface area contributed by atoms with Crippen molar-refractivity contribution in [3.05, 3.63) is 11.7 Å². The number of nitrogens with one attached hydrogen (secondary N) is 2. The molecule has 1 aliphatic carbocycles. The first-order valence-electron chi connectivity index (χ1n) is 10.5. The number of aliphatic imine (C=N–C) groups is 1. The quantitative estimate of drug-likeness (QED) is 0.338. The molecule has 1 saturated heterocycles. The predicted molar refractivity (Wildman–Crippen MR) is 131 cm³/mol. The Bertz CT molecular complexity index is 706. The number of hydrogen-bond acceptors (Lipinski definition) is 6. The second kappa shape index (κ2) is 11.5. The lowest BCUT2D eigenvalue weighted by molar-refractivity contribution is -0.136. The molecule has 2 N–H and O–H groups in total. The highest BCUT2D eigenvalue weighted by atomic mass is 127. The van der Waals surface area contributed by atoms with Gasteiger partial charge < -0.3 is 20.1 Å². The molecule has 2 heterocycles. The van der Waals surface area contributed by atoms with Crippen LogP contribution in [0.4, 0.5) is 0 Å². The molecule has 0 unspecified atom stereocenters. The summed E-state index contributed by atoms with van der Waals surface area (Å²) in [6.07, 6.45) is 3.85. The van der Waals surface area contributed by atoms with E-state index < -0.39 is 0 Å². The maximum Gasteiger partial charge on any atom is 0.232 e. The zero-order valence-electron chi connectivity index (χ0n) is 18.4. The van der Waals surface area contributed by atoms with Gasteiger partial charge in [0.2, 0.25) is 11.8 Å². The summed E-state index contributed by atoms with van der Waals surface area (Å²) in [7, 11) is 1.76. The third-order valence-electron chi connectivity index (χ3n) is 5.49. The molecular formula is C20H35IN6O2S. The average molecular weight is 551 g/mol. The lowest BCUT2D eigenvalue weighted by Crippen LogP contribution is -2.47. The lowest BCUT2D eigenvalue weighted by Gasteiger charge is -2.34. The predicted octanol–water partition coefficient (Wildman–Crippen LogP) is 2.78. The number of amides is 1. The van der Waals surface area contributed by atoms with Crippen LogP contribution in [0.1, 0.15) is 58.2 Å². The summed E-state index contributed by atoms with van der Waals surface area (Å²) < 4.78 is 5.33. The van der Waals surface area contributed by atoms with E-state index in [-0.39, 0.29) is 35.3 Å². The van der Waals surface area contributed by atoms with Gasteiger partial charge in [-0.15, -0.1) is 24.0 Å². The highest BCUT2D eigenvalue weighted by Gasteiger charge is 2.30. The number of guanidine groups is 1. The largest absolute Gasteiger partial charge is 0.354 e. The molecule has 0 aromatic carbocycles. The number of carbonyl (C=O) groups excluding carboxylic acids is 1. The Morgan fingerprint density at radius 2 is 1.90 bits per heavy atom. The number of hydrogen-bond donors (Lipinski definition) is 2. The summed E-state index contributed by atoms with van der Waals surface area (Å²) in [6, 6.07) is 0.331. The number of carbonyl (C=O) groups is 1. The molecule has 2 aliphatic rings. The van der Waals surface area contributed by atoms with Crippen molar-refractivity contribution in [2.45, 2.75) is 64.5 Å². The lowest BCUT2D eigenvalue weighted by atomic mass is 9.85. The van der Waals surface area contributed by atoms with Crippen molar-refractivity contribution >= 4 is 47.6 Å². The summed E-state index contributed by atoms with van der Waals surface area (Å²) in [5.74, 6) is 4.67. The van der Waals surface area contributed by atoms with Crippen molar-refractivity contribution in [2.75, 3.05) is 31.6 Å². The molecule has 30 heavy (non-hydrogen) atoms. The minimum Gasteiger partial charge on any atom is -0.354 e. The molecule has 8 nitrogen and oxygen atoms in total. The van der Waals surface area contributed by atoms with E-state index >= 15 is 0 Å². The summed E-state index contributed by atoms with van der Waals surface area (Å²) >= 11 is 1.94. The third-order valence-corrected chi connectivity index (χ3v) is 6.43. The van der Waals surface area contributed by atoms with Gasteiger partial charge in [-0.05, 0) is 25.7 Å². The van der Waals surface area contributed by atoms with Gasteiger partial charge in [0, 0.05) is 49.0 Å². The summed E-state index contributed by atoms with van der Waals surface area (Å²) in [5.41, 5.74) is -0.158. The Morgan fingerprint density at radius 1 is 1.23 bits per heavy atom. The highest BCUT2D eigenvalue weighted by molar-refractivity contribution is 14.0. The average Bonchev–Trinajstić information content (AvgIpc) is 3.21. The molecule has 1 aliphatic heterocycles. The molecule has 1 aromatic rings. The molecule has 0 bridgehead atoms. The number of rotatable bonds is 4. The van der Waals surface area contributed by atoms with Crippen LogP contribution in [0, 0.1) is 5.92 Å². The minimum atomic E-state index is -0.158. The second-order valence-electron chi connectivity index (χ2n) is 8.82. The van der Waals surface area contributed by atoms with Crippen molar-refractivity contribution in [1.29, 1.82) is 0 Å². The number of aromatic nitrogens is 2. The molecule has 0 radical (unpaired) electrons. The van der Waals surface area contributed by atoms with E-state index in [0.29, 0.717) is 30.2 Å². The van der Waals surface area contributed by atoms with Crippen molar-refractivity contribution < 1.29 is 9.32 Å². The van der Waals surface area contributed by atoms with Crippen LogP contribution in [0.2, 0.25) is 0 Å². The van der Waals surface area contributed by atoms with E-state index in [2.05, 4.69) is 30.7 Å². The number of thioether (sulfide) groups is 1. The molecular weight excluding hydrogens is 515 g/mol. The van der Waals surface area contributed by atoms with Gasteiger partial charge in [0.1, 0.15) is 0 Å². The second-order valence-corrected chi connectivity index (χ2v) is 10.0. The van der Waals surface area contributed by atoms with Crippen molar-refractivity contribution in [3.63, 3.8) is 0 Å². The van der Waals surface area contributed by atoms with E-state index in [4.69, 9.17) is 4.52 Å². The van der Waals surface area contributed by atoms with Crippen LogP contribution >= 0.6 is 35.7 Å². The van der Waals surface area contributed by atoms with Gasteiger partial charge in [0.05, 0.1) is 6.54 Å². The topological polar surface area (TPSA) is 95.6 Å². The first-order valence-corrected chi connectivity index (χ1v) is 11.7. The van der Waals surface area contributed by atoms with Crippen LogP contribution in [0.3, 0.4) is 0 Å². The molecule has 3 rings (SSSR count). The fraction of sp³-hybridized carbons (Fsp3) is 0.800. The molecule has 1 aromatic heterocycles. The smallest absolute Gasteiger partial charge is 0.232 e. The first kappa shape index (κ1) is 25.2. The zero-order chi connectivity index (χ0) is 20.9. The Labute approximate surface area is 200 Å². The third kappa shape index (κ3) is 7.00. The molecule has 2 fully saturated rings. The van der Waals surface area contributed by atoms with Crippen LogP contribution in [0.25, 0.3) is 0 Å². The van der Waals surface area contributed by atoms with Gasteiger partial charge in [-0.3, -0.25) is 9.79 Å². The maximum atomic E-state index is 12.7. The number of halogens is 1. The fourth-order valence-corrected chi connectivity index (χ4v) is 4.61. The van der Waals surface area contributed by atoms with Gasteiger partial charge >= 0.3 is 0 Å². The van der Waals surface area contributed by atoms with Crippen LogP contribution in [-0.4, -0.2) is 64.6 Å². The van der Waals surface area contributed by atoms with Crippen LogP contribution < -0.4 is 10.6 Å². The molecule has 170 valence electrons. The van der Waals surface area contributed by atoms with Gasteiger partial charge in [-0.2, -0.15) is 16.7 Å². The molecule has 0 spiro atoms. The van der Waals surface area contributed by atoms with Crippen LogP contribution in [-0.2, 0) is 16.8 Å². The Hall–Kier alpha value is -1.04. The van der Waals surface area contributed by atoms with E-state index in [1.165, 1.54) is 0 Å². The Kier molecular flexibility index (Phi) is 9.70. The minimum absolute atomic E-state index is 0. The standard InChI is InChI=1S/C20H34N6O2S.HI/c1-20(2,3)18-24-16(25-28-18)13-22-19(21-4)23-15-7-5-14(6-8-15)17(27)26-9-11-29-12-10-26;/h14-15H,5-13H2,1-4H3,(H2,21,22,23);1H. The van der Waals surface area contributed by atoms with E-state index in [9.17, 15) is 4.79 Å². The van der Waals surface area contributed by atoms with Crippen molar-refractivity contribution in [2.24, 2.45) is 10.9 Å². The fourth-order valence-electron chi connectivity index (χ4n) is 3.71. The maximum absolute atomic E-state index is 12.7. The van der Waals surface area contributed by atoms with E-state index in [1.54, 1.807) is 7.05 Å². The van der Waals surface area contributed by atoms with Gasteiger partial charge in [0.25, 0.3) is 0 Å². The van der Waals surface area contributed by atoms with Crippen molar-refractivity contribution in [3.8, 4) is 0 Å². The van der Waals surface area contributed by atoms with Crippen LogP contribution in [0.15, 0.2) is 9.52 Å². The molecule has 10 heteroatoms. The molecule has 1 saturated carbocycles. The monoisotopic (exact) mass is 550 g/mol. The van der Waals surface area contributed by atoms with Gasteiger partial charge in [-0.1, -0.05) is 25.9 Å². The first-order chi connectivity index (χ1) is 13.9. The normalized spacial score (nSPS) is 22.9. The van der Waals surface area contributed by atoms with E-state index in [0.717, 1.165) is 56.2 Å². The summed E-state index contributed by atoms with van der Waals surface area (Å²) in [4.78, 5) is 23.5.